The number of fused-ring (bicyclic) bond motifs is 8. The summed E-state index contributed by atoms with van der Waals surface area (Å²) in [5.41, 5.74) is 8.58. The Balaban J connectivity index is 1.38. The summed E-state index contributed by atoms with van der Waals surface area (Å²) in [4.78, 5) is 0. The number of halogens is 2. The molecule has 3 aromatic carbocycles. The molecule has 48 heavy (non-hydrogen) atoms. The van der Waals surface area contributed by atoms with Crippen molar-refractivity contribution in [2.45, 2.75) is 90.4 Å². The van der Waals surface area contributed by atoms with Gasteiger partial charge in [0.15, 0.2) is 0 Å². The maximum Gasteiger partial charge on any atom is 0.132 e. The predicted octanol–water partition coefficient (Wildman–Crippen LogP) is 11.6. The van der Waals surface area contributed by atoms with Gasteiger partial charge < -0.3 is 4.57 Å². The topological polar surface area (TPSA) is 22.8 Å². The first kappa shape index (κ1) is 34.2. The molecule has 6 rings (SSSR count). The quantitative estimate of drug-likeness (QED) is 0.168. The molecule has 1 unspecified atom stereocenters. The van der Waals surface area contributed by atoms with Crippen molar-refractivity contribution in [1.82, 2.24) is 14.3 Å². The zero-order valence-corrected chi connectivity index (χ0v) is 29.8. The zero-order valence-electron chi connectivity index (χ0n) is 29.0. The van der Waals surface area contributed by atoms with Gasteiger partial charge in [-0.2, -0.15) is 16.9 Å². The third-order valence-corrected chi connectivity index (χ3v) is 11.5. The second-order valence-electron chi connectivity index (χ2n) is 14.5. The molecule has 1 aliphatic rings. The van der Waals surface area contributed by atoms with Crippen molar-refractivity contribution in [3.05, 3.63) is 125 Å². The lowest BCUT2D eigenvalue weighted by atomic mass is 9.88. The highest BCUT2D eigenvalue weighted by Gasteiger charge is 2.23. The predicted molar refractivity (Wildman–Crippen MR) is 199 cm³/mol. The van der Waals surface area contributed by atoms with E-state index in [9.17, 15) is 0 Å². The number of thioether (sulfide) groups is 1. The van der Waals surface area contributed by atoms with Gasteiger partial charge in [0, 0.05) is 42.6 Å². The van der Waals surface area contributed by atoms with Crippen LogP contribution >= 0.6 is 11.8 Å². The number of benzene rings is 3. The summed E-state index contributed by atoms with van der Waals surface area (Å²) in [5, 5.41) is 6.10. The minimum atomic E-state index is -0.318. The van der Waals surface area contributed by atoms with Crippen LogP contribution in [0.4, 0.5) is 8.78 Å². The lowest BCUT2D eigenvalue weighted by molar-refractivity contribution is 0.356. The van der Waals surface area contributed by atoms with E-state index in [0.717, 1.165) is 84.9 Å². The third kappa shape index (κ3) is 7.80. The second kappa shape index (κ2) is 14.9. The van der Waals surface area contributed by atoms with Crippen molar-refractivity contribution in [2.75, 3.05) is 5.75 Å². The van der Waals surface area contributed by atoms with Crippen molar-refractivity contribution in [3.8, 4) is 11.3 Å². The summed E-state index contributed by atoms with van der Waals surface area (Å²) in [7, 11) is 1.96. The average molecular weight is 666 g/mol. The number of rotatable bonds is 6. The smallest absolute Gasteiger partial charge is 0.132 e. The molecule has 4 bridgehead atoms. The standard InChI is InChI=1S/C42H49F2N3S/c1-6-10-29(2)14-15-30-11-9-12-32(23-30)40-13-7-8-20-42(3,4)28-48-27-36-33-18-21-46(5)41(33)26-38(44)34(36)24-31-16-17-37(43)35(25-31)39-19-22-47(40)45-39/h9,11-12,16-19,21-23,25-26,40H,2,6-8,10,13-15,20,24,27-28H2,1,3-5H3. The van der Waals surface area contributed by atoms with Gasteiger partial charge in [-0.3, -0.25) is 4.68 Å². The molecular formula is C42H49F2N3S. The molecule has 5 aromatic rings. The lowest BCUT2D eigenvalue weighted by Crippen LogP contribution is -2.16. The van der Waals surface area contributed by atoms with E-state index in [1.807, 2.05) is 52.6 Å². The van der Waals surface area contributed by atoms with Crippen molar-refractivity contribution < 1.29 is 8.78 Å². The first-order valence-corrected chi connectivity index (χ1v) is 18.7. The Kier molecular flexibility index (Phi) is 10.6. The molecule has 0 saturated heterocycles. The SMILES string of the molecule is C=C(CCC)CCc1cccc(C2CCCCC(C)(C)CSCc3c(c(F)cc4c3ccn4C)Cc3ccc(F)c(c3)-c3ccn2n3)c1. The van der Waals surface area contributed by atoms with E-state index in [0.29, 0.717) is 23.2 Å². The second-order valence-corrected chi connectivity index (χ2v) is 15.5. The van der Waals surface area contributed by atoms with Crippen LogP contribution in [-0.2, 0) is 25.6 Å². The highest BCUT2D eigenvalue weighted by Crippen LogP contribution is 2.36. The molecule has 0 amide bonds. The van der Waals surface area contributed by atoms with Gasteiger partial charge in [0.1, 0.15) is 11.6 Å². The van der Waals surface area contributed by atoms with E-state index in [1.165, 1.54) is 22.8 Å². The molecule has 1 aliphatic heterocycles. The highest BCUT2D eigenvalue weighted by atomic mass is 32.2. The maximum absolute atomic E-state index is 15.9. The molecule has 0 spiro atoms. The van der Waals surface area contributed by atoms with Gasteiger partial charge in [-0.1, -0.05) is 82.5 Å². The first-order valence-electron chi connectivity index (χ1n) is 17.5. The van der Waals surface area contributed by atoms with E-state index in [-0.39, 0.29) is 23.1 Å². The van der Waals surface area contributed by atoms with E-state index in [2.05, 4.69) is 57.7 Å². The molecule has 0 saturated carbocycles. The molecule has 0 radical (unpaired) electrons. The van der Waals surface area contributed by atoms with E-state index < -0.39 is 0 Å². The van der Waals surface area contributed by atoms with Crippen molar-refractivity contribution in [3.63, 3.8) is 0 Å². The van der Waals surface area contributed by atoms with Crippen LogP contribution < -0.4 is 0 Å². The minimum Gasteiger partial charge on any atom is -0.350 e. The number of aryl methyl sites for hydroxylation is 2. The highest BCUT2D eigenvalue weighted by molar-refractivity contribution is 7.98. The van der Waals surface area contributed by atoms with Crippen molar-refractivity contribution in [1.29, 1.82) is 0 Å². The molecule has 1 atom stereocenters. The van der Waals surface area contributed by atoms with Gasteiger partial charge in [0.25, 0.3) is 0 Å². The van der Waals surface area contributed by atoms with Crippen LogP contribution in [-0.4, -0.2) is 20.1 Å². The van der Waals surface area contributed by atoms with E-state index in [4.69, 9.17) is 5.10 Å². The molecule has 0 aliphatic carbocycles. The summed E-state index contributed by atoms with van der Waals surface area (Å²) in [5.74, 6) is 1.21. The Morgan fingerprint density at radius 1 is 0.979 bits per heavy atom. The number of hydrogen-bond acceptors (Lipinski definition) is 2. The summed E-state index contributed by atoms with van der Waals surface area (Å²) >= 11 is 1.90. The molecule has 6 heteroatoms. The van der Waals surface area contributed by atoms with E-state index in [1.54, 1.807) is 12.1 Å². The fourth-order valence-electron chi connectivity index (χ4n) is 7.23. The molecule has 0 fully saturated rings. The monoisotopic (exact) mass is 665 g/mol. The molecule has 252 valence electrons. The van der Waals surface area contributed by atoms with Crippen molar-refractivity contribution in [2.24, 2.45) is 12.5 Å². The largest absolute Gasteiger partial charge is 0.350 e. The zero-order chi connectivity index (χ0) is 33.8. The van der Waals surface area contributed by atoms with Crippen LogP contribution in [0.1, 0.15) is 99.6 Å². The Morgan fingerprint density at radius 2 is 1.83 bits per heavy atom. The first-order chi connectivity index (χ1) is 23.1. The number of aromatic nitrogens is 3. The number of allylic oxidation sites excluding steroid dienone is 1. The average Bonchev–Trinajstić information content (AvgIpc) is 3.69. The molecule has 2 aromatic heterocycles. The van der Waals surface area contributed by atoms with Crippen LogP contribution in [0.25, 0.3) is 22.2 Å². The normalized spacial score (nSPS) is 17.1. The Bertz CT molecular complexity index is 1900. The minimum absolute atomic E-state index is 0.0504. The van der Waals surface area contributed by atoms with Crippen LogP contribution in [0.15, 0.2) is 85.2 Å². The number of hydrogen-bond donors (Lipinski definition) is 0. The van der Waals surface area contributed by atoms with Gasteiger partial charge >= 0.3 is 0 Å². The van der Waals surface area contributed by atoms with Gasteiger partial charge in [0.2, 0.25) is 0 Å². The van der Waals surface area contributed by atoms with E-state index >= 15 is 8.78 Å². The maximum atomic E-state index is 15.9. The van der Waals surface area contributed by atoms with Gasteiger partial charge in [0.05, 0.1) is 17.3 Å². The Labute approximate surface area is 289 Å². The summed E-state index contributed by atoms with van der Waals surface area (Å²) in [6.07, 6.45) is 12.8. The fourth-order valence-corrected chi connectivity index (χ4v) is 8.57. The van der Waals surface area contributed by atoms with Crippen LogP contribution in [0.2, 0.25) is 0 Å². The Hall–Kier alpha value is -3.64. The Morgan fingerprint density at radius 3 is 2.67 bits per heavy atom. The van der Waals surface area contributed by atoms with Gasteiger partial charge in [-0.05, 0) is 101 Å². The number of nitrogens with zero attached hydrogens (tertiary/aromatic N) is 3. The van der Waals surface area contributed by atoms with Gasteiger partial charge in [-0.15, -0.1) is 0 Å². The van der Waals surface area contributed by atoms with Crippen LogP contribution in [0, 0.1) is 17.0 Å². The van der Waals surface area contributed by atoms with Gasteiger partial charge in [-0.25, -0.2) is 8.78 Å². The summed E-state index contributed by atoms with van der Waals surface area (Å²) in [6.45, 7) is 11.2. The van der Waals surface area contributed by atoms with Crippen LogP contribution in [0.3, 0.4) is 0 Å². The molecule has 0 N–H and O–H groups in total. The molecular weight excluding hydrogens is 617 g/mol. The fraction of sp³-hybridized carbons (Fsp3) is 0.405. The molecule has 3 heterocycles. The summed E-state index contributed by atoms with van der Waals surface area (Å²) < 4.78 is 35.4. The third-order valence-electron chi connectivity index (χ3n) is 10.0. The van der Waals surface area contributed by atoms with Crippen LogP contribution in [0.5, 0.6) is 0 Å². The molecule has 3 nitrogen and oxygen atoms in total. The summed E-state index contributed by atoms with van der Waals surface area (Å²) in [6, 6.07) is 19.8. The van der Waals surface area contributed by atoms with Crippen molar-refractivity contribution >= 4 is 22.7 Å². The lowest BCUT2D eigenvalue weighted by Gasteiger charge is -2.25.